The van der Waals surface area contributed by atoms with E-state index in [9.17, 15) is 13.2 Å². The second kappa shape index (κ2) is 7.70. The van der Waals surface area contributed by atoms with E-state index in [4.69, 9.17) is 27.9 Å². The van der Waals surface area contributed by atoms with Gasteiger partial charge in [-0.2, -0.15) is 0 Å². The van der Waals surface area contributed by atoms with Gasteiger partial charge in [-0.1, -0.05) is 23.2 Å². The minimum Gasteiger partial charge on any atom is -0.376 e. The molecule has 0 saturated carbocycles. The largest absolute Gasteiger partial charge is 0.376 e. The molecular weight excluding hydrogens is 363 g/mol. The molecule has 1 aromatic carbocycles. The molecule has 1 aliphatic rings. The highest BCUT2D eigenvalue weighted by Crippen LogP contribution is 2.30. The van der Waals surface area contributed by atoms with Crippen LogP contribution in [0.5, 0.6) is 0 Å². The molecule has 1 heterocycles. The van der Waals surface area contributed by atoms with Gasteiger partial charge >= 0.3 is 0 Å². The van der Waals surface area contributed by atoms with Crippen LogP contribution in [0.3, 0.4) is 0 Å². The topological polar surface area (TPSA) is 75.7 Å². The van der Waals surface area contributed by atoms with E-state index in [-0.39, 0.29) is 23.4 Å². The van der Waals surface area contributed by atoms with Gasteiger partial charge in [-0.25, -0.2) is 8.42 Å². The van der Waals surface area contributed by atoms with Crippen molar-refractivity contribution in [1.82, 2.24) is 5.32 Å². The second-order valence-corrected chi connectivity index (χ2v) is 8.05. The highest BCUT2D eigenvalue weighted by Gasteiger charge is 2.24. The summed E-state index contributed by atoms with van der Waals surface area (Å²) >= 11 is 11.9. The van der Waals surface area contributed by atoms with Crippen molar-refractivity contribution in [3.8, 4) is 0 Å². The Kier molecular flexibility index (Phi) is 6.13. The lowest BCUT2D eigenvalue weighted by atomic mass is 10.2. The van der Waals surface area contributed by atoms with Crippen molar-refractivity contribution in [2.75, 3.05) is 30.3 Å². The maximum atomic E-state index is 12.1. The molecule has 128 valence electrons. The van der Waals surface area contributed by atoms with E-state index >= 15 is 0 Å². The number of anilines is 1. The van der Waals surface area contributed by atoms with Crippen molar-refractivity contribution in [2.45, 2.75) is 18.9 Å². The van der Waals surface area contributed by atoms with Crippen molar-refractivity contribution in [3.05, 3.63) is 28.2 Å². The van der Waals surface area contributed by atoms with Crippen molar-refractivity contribution >= 4 is 44.8 Å². The molecule has 9 heteroatoms. The number of ether oxygens (including phenoxy) is 1. The molecule has 1 N–H and O–H groups in total. The summed E-state index contributed by atoms with van der Waals surface area (Å²) in [5, 5.41) is 3.23. The van der Waals surface area contributed by atoms with Crippen LogP contribution in [-0.4, -0.2) is 46.4 Å². The van der Waals surface area contributed by atoms with Crippen LogP contribution in [0.4, 0.5) is 5.69 Å². The summed E-state index contributed by atoms with van der Waals surface area (Å²) < 4.78 is 30.4. The second-order valence-electron chi connectivity index (χ2n) is 5.30. The molecule has 0 unspecified atom stereocenters. The number of nitrogens with one attached hydrogen (secondary N) is 1. The molecule has 6 nitrogen and oxygen atoms in total. The van der Waals surface area contributed by atoms with Gasteiger partial charge in [-0.3, -0.25) is 9.10 Å². The number of carbonyl (C=O) groups is 1. The van der Waals surface area contributed by atoms with E-state index in [2.05, 4.69) is 5.32 Å². The molecule has 1 saturated heterocycles. The fourth-order valence-corrected chi connectivity index (χ4v) is 3.71. The highest BCUT2D eigenvalue weighted by atomic mass is 35.5. The molecule has 2 rings (SSSR count). The van der Waals surface area contributed by atoms with E-state index in [1.807, 2.05) is 0 Å². The molecule has 0 bridgehead atoms. The minimum atomic E-state index is -3.67. The van der Waals surface area contributed by atoms with Gasteiger partial charge in [-0.15, -0.1) is 0 Å². The van der Waals surface area contributed by atoms with E-state index in [1.165, 1.54) is 18.2 Å². The summed E-state index contributed by atoms with van der Waals surface area (Å²) in [5.41, 5.74) is 0.214. The smallest absolute Gasteiger partial charge is 0.240 e. The lowest BCUT2D eigenvalue weighted by Gasteiger charge is -2.23. The molecular formula is C14H18Cl2N2O4S. The van der Waals surface area contributed by atoms with Crippen molar-refractivity contribution < 1.29 is 17.9 Å². The van der Waals surface area contributed by atoms with Gasteiger partial charge in [0.1, 0.15) is 6.54 Å². The first-order valence-electron chi connectivity index (χ1n) is 7.08. The van der Waals surface area contributed by atoms with E-state index in [0.29, 0.717) is 18.2 Å². The third-order valence-corrected chi connectivity index (χ3v) is 5.08. The van der Waals surface area contributed by atoms with Crippen LogP contribution < -0.4 is 9.62 Å². The molecule has 1 aromatic rings. The molecule has 0 aromatic heterocycles. The third kappa shape index (κ3) is 5.24. The summed E-state index contributed by atoms with van der Waals surface area (Å²) in [4.78, 5) is 12.1. The van der Waals surface area contributed by atoms with Gasteiger partial charge in [0.15, 0.2) is 0 Å². The Morgan fingerprint density at radius 3 is 2.74 bits per heavy atom. The van der Waals surface area contributed by atoms with Crippen molar-refractivity contribution in [1.29, 1.82) is 0 Å². The van der Waals surface area contributed by atoms with Gasteiger partial charge in [-0.05, 0) is 31.0 Å². The fraction of sp³-hybridized carbons (Fsp3) is 0.500. The molecule has 1 aliphatic heterocycles. The number of nitrogens with zero attached hydrogens (tertiary/aromatic N) is 1. The van der Waals surface area contributed by atoms with E-state index in [1.54, 1.807) is 0 Å². The number of sulfonamides is 1. The Hall–Kier alpha value is -1.02. The first kappa shape index (κ1) is 18.3. The molecule has 0 radical (unpaired) electrons. The number of halogens is 2. The van der Waals surface area contributed by atoms with Crippen molar-refractivity contribution in [2.24, 2.45) is 0 Å². The lowest BCUT2D eigenvalue weighted by Crippen LogP contribution is -2.42. The van der Waals surface area contributed by atoms with Crippen LogP contribution in [-0.2, 0) is 19.6 Å². The van der Waals surface area contributed by atoms with E-state index in [0.717, 1.165) is 23.4 Å². The zero-order valence-corrected chi connectivity index (χ0v) is 14.9. The molecule has 0 aliphatic carbocycles. The first-order chi connectivity index (χ1) is 10.8. The average Bonchev–Trinajstić information content (AvgIpc) is 2.95. The maximum Gasteiger partial charge on any atom is 0.240 e. The predicted octanol–water partition coefficient (Wildman–Crippen LogP) is 2.05. The SMILES string of the molecule is CS(=O)(=O)N(CC(=O)NC[C@H]1CCCO1)c1ccc(Cl)cc1Cl. The Morgan fingerprint density at radius 2 is 2.17 bits per heavy atom. The van der Waals surface area contributed by atoms with Crippen LogP contribution in [0.2, 0.25) is 10.0 Å². The summed E-state index contributed by atoms with van der Waals surface area (Å²) in [6, 6.07) is 4.42. The number of amides is 1. The van der Waals surface area contributed by atoms with Crippen LogP contribution in [0.25, 0.3) is 0 Å². The number of hydrogen-bond donors (Lipinski definition) is 1. The number of carbonyl (C=O) groups excluding carboxylic acids is 1. The maximum absolute atomic E-state index is 12.1. The Bertz CT molecular complexity index is 675. The fourth-order valence-electron chi connectivity index (χ4n) is 2.28. The molecule has 1 atom stereocenters. The van der Waals surface area contributed by atoms with Gasteiger partial charge in [0.25, 0.3) is 0 Å². The Morgan fingerprint density at radius 1 is 1.43 bits per heavy atom. The summed E-state index contributed by atoms with van der Waals surface area (Å²) in [6.07, 6.45) is 2.87. The predicted molar refractivity (Wildman–Crippen MR) is 90.6 cm³/mol. The monoisotopic (exact) mass is 380 g/mol. The number of hydrogen-bond acceptors (Lipinski definition) is 4. The normalized spacial score (nSPS) is 18.0. The standard InChI is InChI=1S/C14H18Cl2N2O4S/c1-23(20,21)18(13-5-4-10(15)7-12(13)16)9-14(19)17-8-11-3-2-6-22-11/h4-5,7,11H,2-3,6,8-9H2,1H3,(H,17,19)/t11-/m1/s1. The molecule has 1 amide bonds. The summed E-state index contributed by atoms with van der Waals surface area (Å²) in [6.45, 7) is 0.702. The Balaban J connectivity index is 2.08. The van der Waals surface area contributed by atoms with Crippen molar-refractivity contribution in [3.63, 3.8) is 0 Å². The number of benzene rings is 1. The van der Waals surface area contributed by atoms with Gasteiger partial charge in [0.05, 0.1) is 23.1 Å². The highest BCUT2D eigenvalue weighted by molar-refractivity contribution is 7.92. The minimum absolute atomic E-state index is 0.00949. The summed E-state index contributed by atoms with van der Waals surface area (Å²) in [5.74, 6) is -0.419. The Labute approximate surface area is 145 Å². The van der Waals surface area contributed by atoms with E-state index < -0.39 is 15.9 Å². The lowest BCUT2D eigenvalue weighted by molar-refractivity contribution is -0.120. The number of rotatable bonds is 6. The first-order valence-corrected chi connectivity index (χ1v) is 9.69. The zero-order valence-electron chi connectivity index (χ0n) is 12.6. The molecule has 0 spiro atoms. The summed E-state index contributed by atoms with van der Waals surface area (Å²) in [7, 11) is -3.67. The molecule has 1 fully saturated rings. The third-order valence-electron chi connectivity index (χ3n) is 3.42. The van der Waals surface area contributed by atoms with Crippen LogP contribution >= 0.6 is 23.2 Å². The average molecular weight is 381 g/mol. The van der Waals surface area contributed by atoms with Crippen LogP contribution in [0.1, 0.15) is 12.8 Å². The van der Waals surface area contributed by atoms with Crippen LogP contribution in [0.15, 0.2) is 18.2 Å². The van der Waals surface area contributed by atoms with Gasteiger partial charge in [0.2, 0.25) is 15.9 Å². The van der Waals surface area contributed by atoms with Gasteiger partial charge < -0.3 is 10.1 Å². The zero-order chi connectivity index (χ0) is 17.0. The van der Waals surface area contributed by atoms with Gasteiger partial charge in [0, 0.05) is 18.2 Å². The van der Waals surface area contributed by atoms with Crippen LogP contribution in [0, 0.1) is 0 Å². The molecule has 23 heavy (non-hydrogen) atoms. The quantitative estimate of drug-likeness (QED) is 0.819.